The van der Waals surface area contributed by atoms with Crippen LogP contribution in [0.4, 0.5) is 0 Å². The van der Waals surface area contributed by atoms with E-state index in [-0.39, 0.29) is 5.92 Å². The first-order valence-corrected chi connectivity index (χ1v) is 7.10. The van der Waals surface area contributed by atoms with Crippen LogP contribution in [-0.2, 0) is 0 Å². The average molecular weight is 292 g/mol. The van der Waals surface area contributed by atoms with Gasteiger partial charge >= 0.3 is 0 Å². The molecule has 1 unspecified atom stereocenters. The Balaban J connectivity index is 2.43. The summed E-state index contributed by atoms with van der Waals surface area (Å²) in [6.07, 6.45) is 0. The van der Waals surface area contributed by atoms with Gasteiger partial charge in [-0.3, -0.25) is 0 Å². The minimum Gasteiger partial charge on any atom is -0.330 e. The highest BCUT2D eigenvalue weighted by Crippen LogP contribution is 2.51. The number of hydrogen-bond acceptors (Lipinski definition) is 1. The van der Waals surface area contributed by atoms with Crippen LogP contribution in [0.25, 0.3) is 11.1 Å². The Hall–Kier alpha value is -1.02. The lowest BCUT2D eigenvalue weighted by atomic mass is 9.94. The zero-order valence-electron chi connectivity index (χ0n) is 10.9. The number of rotatable bonds is 1. The van der Waals surface area contributed by atoms with Crippen LogP contribution in [0.1, 0.15) is 28.2 Å². The number of aryl methyl sites for hydroxylation is 1. The normalized spacial score (nSPS) is 16.4. The van der Waals surface area contributed by atoms with Crippen molar-refractivity contribution in [1.82, 2.24) is 0 Å². The zero-order chi connectivity index (χ0) is 13.7. The SMILES string of the molecule is Cc1ccc2c(c1C)-c1c(ccc(Cl)c1Cl)C2CN. The van der Waals surface area contributed by atoms with Gasteiger partial charge in [-0.25, -0.2) is 0 Å². The average Bonchev–Trinajstić information content (AvgIpc) is 2.73. The smallest absolute Gasteiger partial charge is 0.0673 e. The lowest BCUT2D eigenvalue weighted by molar-refractivity contribution is 0.840. The second-order valence-corrected chi connectivity index (χ2v) is 5.87. The zero-order valence-corrected chi connectivity index (χ0v) is 12.4. The highest BCUT2D eigenvalue weighted by molar-refractivity contribution is 6.44. The molecule has 0 spiro atoms. The van der Waals surface area contributed by atoms with Crippen LogP contribution >= 0.6 is 23.2 Å². The Morgan fingerprint density at radius 3 is 2.32 bits per heavy atom. The summed E-state index contributed by atoms with van der Waals surface area (Å²) in [5, 5.41) is 1.25. The summed E-state index contributed by atoms with van der Waals surface area (Å²) in [5.74, 6) is 0.221. The van der Waals surface area contributed by atoms with Gasteiger partial charge in [0.15, 0.2) is 0 Å². The molecule has 98 valence electrons. The molecule has 0 radical (unpaired) electrons. The number of nitrogens with two attached hydrogens (primary N) is 1. The van der Waals surface area contributed by atoms with Gasteiger partial charge in [0.1, 0.15) is 0 Å². The van der Waals surface area contributed by atoms with Gasteiger partial charge in [-0.15, -0.1) is 0 Å². The third kappa shape index (κ3) is 1.73. The number of hydrogen-bond donors (Lipinski definition) is 1. The Morgan fingerprint density at radius 2 is 1.63 bits per heavy atom. The van der Waals surface area contributed by atoms with Crippen molar-refractivity contribution >= 4 is 23.2 Å². The van der Waals surface area contributed by atoms with Gasteiger partial charge in [-0.1, -0.05) is 41.4 Å². The van der Waals surface area contributed by atoms with Gasteiger partial charge in [0.2, 0.25) is 0 Å². The van der Waals surface area contributed by atoms with Crippen molar-refractivity contribution in [2.75, 3.05) is 6.54 Å². The van der Waals surface area contributed by atoms with Crippen LogP contribution in [0.5, 0.6) is 0 Å². The van der Waals surface area contributed by atoms with E-state index in [0.717, 1.165) is 5.56 Å². The topological polar surface area (TPSA) is 26.0 Å². The number of benzene rings is 2. The predicted octanol–water partition coefficient (Wildman–Crippen LogP) is 4.68. The van der Waals surface area contributed by atoms with E-state index in [1.54, 1.807) is 0 Å². The van der Waals surface area contributed by atoms with E-state index >= 15 is 0 Å². The number of halogens is 2. The molecule has 0 fully saturated rings. The molecule has 1 aliphatic carbocycles. The molecule has 0 aliphatic heterocycles. The molecule has 1 aliphatic rings. The van der Waals surface area contributed by atoms with Crippen LogP contribution in [0.2, 0.25) is 10.0 Å². The Kier molecular flexibility index (Phi) is 3.09. The third-order valence-electron chi connectivity index (χ3n) is 4.13. The van der Waals surface area contributed by atoms with Crippen molar-refractivity contribution in [2.45, 2.75) is 19.8 Å². The van der Waals surface area contributed by atoms with Crippen molar-refractivity contribution in [3.05, 3.63) is 56.6 Å². The van der Waals surface area contributed by atoms with E-state index in [4.69, 9.17) is 28.9 Å². The molecule has 3 heteroatoms. The molecule has 0 bridgehead atoms. The molecular weight excluding hydrogens is 277 g/mol. The summed E-state index contributed by atoms with van der Waals surface area (Å²) in [7, 11) is 0. The molecule has 2 aromatic rings. The number of fused-ring (bicyclic) bond motifs is 3. The van der Waals surface area contributed by atoms with Gasteiger partial charge in [0.25, 0.3) is 0 Å². The molecule has 0 saturated carbocycles. The summed E-state index contributed by atoms with van der Waals surface area (Å²) in [6.45, 7) is 4.83. The fourth-order valence-corrected chi connectivity index (χ4v) is 3.41. The standard InChI is InChI=1S/C16H15Cl2N/c1-8-3-4-10-12(7-19)11-5-6-13(17)16(18)15(11)14(10)9(8)2/h3-6,12H,7,19H2,1-2H3. The Labute approximate surface area is 123 Å². The molecule has 1 atom stereocenters. The van der Waals surface area contributed by atoms with E-state index in [1.807, 2.05) is 6.07 Å². The van der Waals surface area contributed by atoms with E-state index in [9.17, 15) is 0 Å². The van der Waals surface area contributed by atoms with Crippen molar-refractivity contribution in [1.29, 1.82) is 0 Å². The lowest BCUT2D eigenvalue weighted by Gasteiger charge is -2.11. The van der Waals surface area contributed by atoms with E-state index in [1.165, 1.54) is 27.8 Å². The van der Waals surface area contributed by atoms with E-state index < -0.39 is 0 Å². The molecule has 0 saturated heterocycles. The molecule has 2 N–H and O–H groups in total. The van der Waals surface area contributed by atoms with Crippen molar-refractivity contribution in [3.8, 4) is 11.1 Å². The van der Waals surface area contributed by atoms with Crippen LogP contribution in [-0.4, -0.2) is 6.54 Å². The van der Waals surface area contributed by atoms with Crippen LogP contribution < -0.4 is 5.73 Å². The second-order valence-electron chi connectivity index (χ2n) is 5.09. The molecule has 0 aromatic heterocycles. The molecular formula is C16H15Cl2N. The highest BCUT2D eigenvalue weighted by Gasteiger charge is 2.31. The summed E-state index contributed by atoms with van der Waals surface area (Å²) in [5.41, 5.74) is 13.2. The third-order valence-corrected chi connectivity index (χ3v) is 4.94. The first-order valence-electron chi connectivity index (χ1n) is 6.34. The van der Waals surface area contributed by atoms with Gasteiger partial charge < -0.3 is 5.73 Å². The van der Waals surface area contributed by atoms with Crippen molar-refractivity contribution < 1.29 is 0 Å². The first kappa shape index (κ1) is 13.0. The fraction of sp³-hybridized carbons (Fsp3) is 0.250. The van der Waals surface area contributed by atoms with Gasteiger partial charge in [0.05, 0.1) is 10.0 Å². The van der Waals surface area contributed by atoms with Crippen LogP contribution in [0.15, 0.2) is 24.3 Å². The molecule has 2 aromatic carbocycles. The monoisotopic (exact) mass is 291 g/mol. The minimum absolute atomic E-state index is 0.221. The maximum atomic E-state index is 6.44. The molecule has 0 amide bonds. The maximum Gasteiger partial charge on any atom is 0.0673 e. The Morgan fingerprint density at radius 1 is 1.00 bits per heavy atom. The Bertz CT molecular complexity index is 619. The van der Waals surface area contributed by atoms with Gasteiger partial charge in [-0.2, -0.15) is 0 Å². The minimum atomic E-state index is 0.221. The van der Waals surface area contributed by atoms with E-state index in [0.29, 0.717) is 16.6 Å². The summed E-state index contributed by atoms with van der Waals surface area (Å²) in [4.78, 5) is 0. The first-order chi connectivity index (χ1) is 9.06. The largest absolute Gasteiger partial charge is 0.330 e. The van der Waals surface area contributed by atoms with Crippen LogP contribution in [0, 0.1) is 13.8 Å². The van der Waals surface area contributed by atoms with Gasteiger partial charge in [-0.05, 0) is 47.7 Å². The van der Waals surface area contributed by atoms with Crippen molar-refractivity contribution in [2.24, 2.45) is 5.73 Å². The van der Waals surface area contributed by atoms with Crippen LogP contribution in [0.3, 0.4) is 0 Å². The molecule has 19 heavy (non-hydrogen) atoms. The molecule has 3 rings (SSSR count). The summed E-state index contributed by atoms with van der Waals surface area (Å²) < 4.78 is 0. The summed E-state index contributed by atoms with van der Waals surface area (Å²) in [6, 6.07) is 8.23. The molecule has 0 heterocycles. The summed E-state index contributed by atoms with van der Waals surface area (Å²) >= 11 is 12.6. The second kappa shape index (κ2) is 4.52. The maximum absolute atomic E-state index is 6.44. The quantitative estimate of drug-likeness (QED) is 0.811. The predicted molar refractivity (Wildman–Crippen MR) is 82.3 cm³/mol. The van der Waals surface area contributed by atoms with E-state index in [2.05, 4.69) is 32.0 Å². The molecule has 1 nitrogen and oxygen atoms in total. The lowest BCUT2D eigenvalue weighted by Crippen LogP contribution is -2.11. The highest BCUT2D eigenvalue weighted by atomic mass is 35.5. The van der Waals surface area contributed by atoms with Gasteiger partial charge in [0, 0.05) is 18.0 Å². The van der Waals surface area contributed by atoms with Crippen molar-refractivity contribution in [3.63, 3.8) is 0 Å². The fourth-order valence-electron chi connectivity index (χ4n) is 2.99.